The summed E-state index contributed by atoms with van der Waals surface area (Å²) in [6.45, 7) is 3.20. The molecule has 16 heavy (non-hydrogen) atoms. The minimum atomic E-state index is 0.547. The van der Waals surface area contributed by atoms with Crippen LogP contribution in [0.2, 0.25) is 0 Å². The summed E-state index contributed by atoms with van der Waals surface area (Å²) in [5, 5.41) is 5.54. The molecular formula is C12H16N2O2. The molecule has 1 aromatic carbocycles. The fraction of sp³-hybridized carbons (Fsp3) is 0.417. The molecule has 0 spiro atoms. The van der Waals surface area contributed by atoms with E-state index in [2.05, 4.69) is 12.0 Å². The predicted molar refractivity (Wildman–Crippen MR) is 62.8 cm³/mol. The summed E-state index contributed by atoms with van der Waals surface area (Å²) in [5.74, 6) is 0.818. The fourth-order valence-electron chi connectivity index (χ4n) is 1.68. The van der Waals surface area contributed by atoms with Crippen molar-refractivity contribution in [1.29, 1.82) is 0 Å². The zero-order valence-electron chi connectivity index (χ0n) is 9.86. The number of fused-ring (bicyclic) bond motifs is 1. The van der Waals surface area contributed by atoms with Crippen LogP contribution in [0.25, 0.3) is 10.9 Å². The van der Waals surface area contributed by atoms with Crippen LogP contribution in [0.15, 0.2) is 18.3 Å². The summed E-state index contributed by atoms with van der Waals surface area (Å²) in [4.78, 5) is 0. The largest absolute Gasteiger partial charge is 0.489 e. The third kappa shape index (κ3) is 2.02. The fourth-order valence-corrected chi connectivity index (χ4v) is 1.68. The first-order chi connectivity index (χ1) is 7.72. The normalized spacial score (nSPS) is 10.9. The molecule has 0 unspecified atom stereocenters. The summed E-state index contributed by atoms with van der Waals surface area (Å²) in [6.07, 6.45) is 2.01. The lowest BCUT2D eigenvalue weighted by atomic mass is 10.1. The van der Waals surface area contributed by atoms with Crippen LogP contribution >= 0.6 is 0 Å². The molecule has 0 N–H and O–H groups in total. The van der Waals surface area contributed by atoms with Gasteiger partial charge in [0.1, 0.15) is 17.9 Å². The summed E-state index contributed by atoms with van der Waals surface area (Å²) < 4.78 is 12.4. The van der Waals surface area contributed by atoms with Crippen LogP contribution in [0.4, 0.5) is 0 Å². The number of aromatic nitrogens is 2. The first-order valence-corrected chi connectivity index (χ1v) is 5.27. The van der Waals surface area contributed by atoms with E-state index in [-0.39, 0.29) is 0 Å². The maximum absolute atomic E-state index is 5.63. The Morgan fingerprint density at radius 1 is 1.31 bits per heavy atom. The lowest BCUT2D eigenvalue weighted by molar-refractivity contribution is 0.147. The van der Waals surface area contributed by atoms with Gasteiger partial charge in [-0.3, -0.25) is 4.68 Å². The van der Waals surface area contributed by atoms with Gasteiger partial charge >= 0.3 is 0 Å². The van der Waals surface area contributed by atoms with E-state index in [4.69, 9.17) is 9.47 Å². The average Bonchev–Trinajstić information content (AvgIpc) is 2.65. The Morgan fingerprint density at radius 2 is 2.12 bits per heavy atom. The van der Waals surface area contributed by atoms with Crippen molar-refractivity contribution in [1.82, 2.24) is 9.78 Å². The number of rotatable bonds is 4. The van der Waals surface area contributed by atoms with Crippen molar-refractivity contribution in [3.8, 4) is 5.75 Å². The summed E-state index contributed by atoms with van der Waals surface area (Å²) in [6, 6.07) is 4.01. The van der Waals surface area contributed by atoms with Gasteiger partial charge in [0, 0.05) is 25.7 Å². The van der Waals surface area contributed by atoms with Gasteiger partial charge in [0.25, 0.3) is 0 Å². The molecule has 2 aromatic rings. The van der Waals surface area contributed by atoms with E-state index in [1.807, 2.05) is 25.4 Å². The highest BCUT2D eigenvalue weighted by molar-refractivity contribution is 5.87. The molecule has 1 aromatic heterocycles. The number of nitrogens with zero attached hydrogens (tertiary/aromatic N) is 2. The average molecular weight is 220 g/mol. The first kappa shape index (κ1) is 11.0. The highest BCUT2D eigenvalue weighted by Gasteiger charge is 2.08. The van der Waals surface area contributed by atoms with Crippen LogP contribution in [0, 0.1) is 6.92 Å². The Balaban J connectivity index is 2.34. The van der Waals surface area contributed by atoms with Gasteiger partial charge in [0.05, 0.1) is 6.61 Å². The molecule has 0 aliphatic heterocycles. The van der Waals surface area contributed by atoms with Gasteiger partial charge in [-0.2, -0.15) is 5.10 Å². The van der Waals surface area contributed by atoms with Gasteiger partial charge < -0.3 is 9.47 Å². The van der Waals surface area contributed by atoms with Crippen LogP contribution < -0.4 is 4.74 Å². The molecule has 0 fully saturated rings. The minimum absolute atomic E-state index is 0.547. The Bertz CT molecular complexity index is 491. The quantitative estimate of drug-likeness (QED) is 0.738. The van der Waals surface area contributed by atoms with E-state index in [1.54, 1.807) is 11.8 Å². The zero-order chi connectivity index (χ0) is 11.5. The molecule has 0 saturated carbocycles. The van der Waals surface area contributed by atoms with Crippen molar-refractivity contribution < 1.29 is 9.47 Å². The van der Waals surface area contributed by atoms with E-state index in [1.165, 1.54) is 5.56 Å². The van der Waals surface area contributed by atoms with Gasteiger partial charge in [-0.05, 0) is 18.6 Å². The molecule has 86 valence electrons. The van der Waals surface area contributed by atoms with Crippen LogP contribution in [-0.2, 0) is 11.8 Å². The molecule has 0 aliphatic carbocycles. The monoisotopic (exact) mass is 220 g/mol. The smallest absolute Gasteiger partial charge is 0.147 e. The Labute approximate surface area is 94.8 Å². The SMILES string of the molecule is COCCOc1ccc(C)c2cn(C)nc12. The number of hydrogen-bond acceptors (Lipinski definition) is 3. The Hall–Kier alpha value is -1.55. The van der Waals surface area contributed by atoms with E-state index in [0.717, 1.165) is 16.7 Å². The number of benzene rings is 1. The lowest BCUT2D eigenvalue weighted by Gasteiger charge is -2.06. The number of ether oxygens (including phenoxy) is 2. The van der Waals surface area contributed by atoms with Gasteiger partial charge in [-0.15, -0.1) is 0 Å². The number of hydrogen-bond donors (Lipinski definition) is 0. The van der Waals surface area contributed by atoms with E-state index in [9.17, 15) is 0 Å². The zero-order valence-corrected chi connectivity index (χ0v) is 9.86. The molecule has 1 heterocycles. The Kier molecular flexibility index (Phi) is 3.10. The minimum Gasteiger partial charge on any atom is -0.489 e. The second kappa shape index (κ2) is 4.53. The summed E-state index contributed by atoms with van der Waals surface area (Å²) in [5.41, 5.74) is 2.13. The molecule has 0 amide bonds. The highest BCUT2D eigenvalue weighted by Crippen LogP contribution is 2.26. The van der Waals surface area contributed by atoms with Crippen LogP contribution in [0.3, 0.4) is 0 Å². The van der Waals surface area contributed by atoms with Crippen molar-refractivity contribution in [3.05, 3.63) is 23.9 Å². The van der Waals surface area contributed by atoms with Crippen LogP contribution in [0.1, 0.15) is 5.56 Å². The van der Waals surface area contributed by atoms with E-state index >= 15 is 0 Å². The molecular weight excluding hydrogens is 204 g/mol. The van der Waals surface area contributed by atoms with Crippen LogP contribution in [-0.4, -0.2) is 30.1 Å². The molecule has 4 heteroatoms. The standard InChI is InChI=1S/C12H16N2O2/c1-9-4-5-11(16-7-6-15-3)12-10(9)8-14(2)13-12/h4-5,8H,6-7H2,1-3H3. The molecule has 2 rings (SSSR count). The topological polar surface area (TPSA) is 36.3 Å². The molecule has 0 radical (unpaired) electrons. The molecule has 0 atom stereocenters. The van der Waals surface area contributed by atoms with E-state index < -0.39 is 0 Å². The maximum Gasteiger partial charge on any atom is 0.147 e. The number of methoxy groups -OCH3 is 1. The van der Waals surface area contributed by atoms with Crippen LogP contribution in [0.5, 0.6) is 5.75 Å². The van der Waals surface area contributed by atoms with E-state index in [0.29, 0.717) is 13.2 Å². The van der Waals surface area contributed by atoms with Crippen molar-refractivity contribution >= 4 is 10.9 Å². The van der Waals surface area contributed by atoms with Gasteiger partial charge in [0.15, 0.2) is 0 Å². The molecule has 0 aliphatic rings. The lowest BCUT2D eigenvalue weighted by Crippen LogP contribution is -2.04. The highest BCUT2D eigenvalue weighted by atomic mass is 16.5. The third-order valence-electron chi connectivity index (χ3n) is 2.52. The van der Waals surface area contributed by atoms with Gasteiger partial charge in [0.2, 0.25) is 0 Å². The van der Waals surface area contributed by atoms with Crippen molar-refractivity contribution in [3.63, 3.8) is 0 Å². The Morgan fingerprint density at radius 3 is 2.88 bits per heavy atom. The second-order valence-electron chi connectivity index (χ2n) is 3.79. The molecule has 0 bridgehead atoms. The first-order valence-electron chi connectivity index (χ1n) is 5.27. The summed E-state index contributed by atoms with van der Waals surface area (Å²) >= 11 is 0. The summed E-state index contributed by atoms with van der Waals surface area (Å²) in [7, 11) is 3.58. The van der Waals surface area contributed by atoms with Crippen molar-refractivity contribution in [2.75, 3.05) is 20.3 Å². The van der Waals surface area contributed by atoms with Gasteiger partial charge in [-0.1, -0.05) is 6.07 Å². The second-order valence-corrected chi connectivity index (χ2v) is 3.79. The van der Waals surface area contributed by atoms with Crippen molar-refractivity contribution in [2.45, 2.75) is 6.92 Å². The molecule has 4 nitrogen and oxygen atoms in total. The third-order valence-corrected chi connectivity index (χ3v) is 2.52. The molecule has 0 saturated heterocycles. The predicted octanol–water partition coefficient (Wildman–Crippen LogP) is 1.91. The van der Waals surface area contributed by atoms with Crippen molar-refractivity contribution in [2.24, 2.45) is 7.05 Å². The number of aryl methyl sites for hydroxylation is 2. The van der Waals surface area contributed by atoms with Gasteiger partial charge in [-0.25, -0.2) is 0 Å². The maximum atomic E-state index is 5.63.